The third-order valence-electron chi connectivity index (χ3n) is 5.58. The van der Waals surface area contributed by atoms with E-state index >= 15 is 0 Å². The van der Waals surface area contributed by atoms with Crippen molar-refractivity contribution in [2.75, 3.05) is 11.9 Å². The number of pyridine rings is 1. The second-order valence-corrected chi connectivity index (χ2v) is 7.61. The molecule has 0 unspecified atom stereocenters. The fourth-order valence-electron chi connectivity index (χ4n) is 3.66. The molecule has 4 rings (SSSR count). The molecule has 1 aromatic carbocycles. The Hall–Kier alpha value is -3.62. The van der Waals surface area contributed by atoms with Gasteiger partial charge in [-0.1, -0.05) is 17.1 Å². The third kappa shape index (κ3) is 4.03. The number of halogens is 2. The Bertz CT molecular complexity index is 1140. The average molecular weight is 426 g/mol. The molecule has 1 aliphatic carbocycles. The van der Waals surface area contributed by atoms with Crippen LogP contribution in [0.4, 0.5) is 14.6 Å². The summed E-state index contributed by atoms with van der Waals surface area (Å²) in [5.74, 6) is -0.969. The van der Waals surface area contributed by atoms with Gasteiger partial charge in [-0.05, 0) is 36.2 Å². The van der Waals surface area contributed by atoms with E-state index in [0.29, 0.717) is 34.0 Å². The van der Waals surface area contributed by atoms with Gasteiger partial charge in [0, 0.05) is 19.3 Å². The van der Waals surface area contributed by atoms with Gasteiger partial charge in [-0.15, -0.1) is 0 Å². The summed E-state index contributed by atoms with van der Waals surface area (Å²) in [5, 5.41) is 14.7. The van der Waals surface area contributed by atoms with Gasteiger partial charge >= 0.3 is 0 Å². The van der Waals surface area contributed by atoms with Crippen LogP contribution in [0.2, 0.25) is 0 Å². The monoisotopic (exact) mass is 426 g/mol. The Morgan fingerprint density at radius 3 is 2.74 bits per heavy atom. The highest BCUT2D eigenvalue weighted by Crippen LogP contribution is 2.55. The lowest BCUT2D eigenvalue weighted by Crippen LogP contribution is -2.36. The molecule has 2 aromatic heterocycles. The predicted octanol–water partition coefficient (Wildman–Crippen LogP) is 2.98. The topological polar surface area (TPSA) is 91.0 Å². The van der Waals surface area contributed by atoms with Gasteiger partial charge in [0.25, 0.3) is 5.82 Å². The van der Waals surface area contributed by atoms with Gasteiger partial charge in [0.15, 0.2) is 6.20 Å². The number of ether oxygens (including phenoxy) is 1. The van der Waals surface area contributed by atoms with Gasteiger partial charge in [-0.2, -0.15) is 0 Å². The van der Waals surface area contributed by atoms with Crippen molar-refractivity contribution in [2.24, 2.45) is 5.92 Å². The maximum atomic E-state index is 13.9. The molecule has 3 aromatic rings. The lowest BCUT2D eigenvalue weighted by Gasteiger charge is -2.20. The third-order valence-corrected chi connectivity index (χ3v) is 5.58. The van der Waals surface area contributed by atoms with Crippen molar-refractivity contribution in [1.82, 2.24) is 9.97 Å². The number of nitrogens with one attached hydrogen (secondary N) is 1. The van der Waals surface area contributed by atoms with Crippen LogP contribution in [-0.4, -0.2) is 22.5 Å². The Kier molecular flexibility index (Phi) is 5.26. The molecule has 2 heterocycles. The molecule has 31 heavy (non-hydrogen) atoms. The van der Waals surface area contributed by atoms with Crippen LogP contribution in [0.15, 0.2) is 48.8 Å². The number of amides is 1. The van der Waals surface area contributed by atoms with Crippen LogP contribution >= 0.6 is 0 Å². The first-order valence-corrected chi connectivity index (χ1v) is 9.67. The smallest absolute Gasteiger partial charge is 0.298 e. The van der Waals surface area contributed by atoms with Crippen molar-refractivity contribution < 1.29 is 23.0 Å². The number of nitrogens with zero attached hydrogens (tertiary/aromatic N) is 3. The van der Waals surface area contributed by atoms with Crippen LogP contribution in [0, 0.1) is 36.6 Å². The van der Waals surface area contributed by atoms with E-state index in [-0.39, 0.29) is 18.3 Å². The number of anilines is 1. The standard InChI is InChI=1S/C22H20F2N4O3/c1-13-19(11-25-14(2)28(13)30)31-12-22(15-4-3-5-16(23)8-15)9-18(22)21(29)27-20-7-6-17(24)10-26-20/h3-8,10-11,18H,9,12H2,1-2H3,(H,26,27,29)/t18-,22+/m0/s1. The van der Waals surface area contributed by atoms with E-state index in [9.17, 15) is 18.8 Å². The molecule has 0 saturated heterocycles. The van der Waals surface area contributed by atoms with E-state index in [4.69, 9.17) is 4.74 Å². The highest BCUT2D eigenvalue weighted by molar-refractivity contribution is 5.95. The van der Waals surface area contributed by atoms with Gasteiger partial charge in [0.05, 0.1) is 18.7 Å². The lowest BCUT2D eigenvalue weighted by atomic mass is 9.93. The van der Waals surface area contributed by atoms with Crippen molar-refractivity contribution in [3.05, 3.63) is 82.7 Å². The van der Waals surface area contributed by atoms with E-state index in [2.05, 4.69) is 15.3 Å². The zero-order valence-electron chi connectivity index (χ0n) is 16.9. The molecule has 1 saturated carbocycles. The molecule has 1 fully saturated rings. The number of hydrogen-bond donors (Lipinski definition) is 1. The summed E-state index contributed by atoms with van der Waals surface area (Å²) in [4.78, 5) is 20.7. The number of carbonyl (C=O) groups is 1. The molecule has 1 N–H and O–H groups in total. The first kappa shape index (κ1) is 20.6. The number of rotatable bonds is 6. The highest BCUT2D eigenvalue weighted by atomic mass is 19.1. The summed E-state index contributed by atoms with van der Waals surface area (Å²) in [7, 11) is 0. The quantitative estimate of drug-likeness (QED) is 0.483. The second kappa shape index (κ2) is 7.90. The minimum Gasteiger partial charge on any atom is -0.710 e. The number of benzene rings is 1. The molecular weight excluding hydrogens is 406 g/mol. The molecule has 9 heteroatoms. The Balaban J connectivity index is 1.58. The zero-order chi connectivity index (χ0) is 22.2. The Morgan fingerprint density at radius 2 is 2.03 bits per heavy atom. The van der Waals surface area contributed by atoms with Crippen molar-refractivity contribution in [1.29, 1.82) is 0 Å². The molecule has 7 nitrogen and oxygen atoms in total. The van der Waals surface area contributed by atoms with Gasteiger partial charge in [0.1, 0.15) is 23.1 Å². The van der Waals surface area contributed by atoms with E-state index in [0.717, 1.165) is 6.20 Å². The minimum absolute atomic E-state index is 0.0525. The molecule has 160 valence electrons. The predicted molar refractivity (Wildman–Crippen MR) is 107 cm³/mol. The molecule has 0 aliphatic heterocycles. The second-order valence-electron chi connectivity index (χ2n) is 7.61. The maximum absolute atomic E-state index is 13.9. The van der Waals surface area contributed by atoms with E-state index in [1.807, 2.05) is 0 Å². The molecular formula is C22H20F2N4O3. The van der Waals surface area contributed by atoms with Gasteiger partial charge in [-0.25, -0.2) is 18.5 Å². The largest absolute Gasteiger partial charge is 0.710 e. The van der Waals surface area contributed by atoms with Crippen molar-refractivity contribution in [3.8, 4) is 5.75 Å². The molecule has 0 bridgehead atoms. The van der Waals surface area contributed by atoms with Crippen molar-refractivity contribution >= 4 is 11.7 Å². The Morgan fingerprint density at radius 1 is 1.23 bits per heavy atom. The van der Waals surface area contributed by atoms with Crippen LogP contribution in [0.5, 0.6) is 5.75 Å². The molecule has 0 spiro atoms. The van der Waals surface area contributed by atoms with Crippen molar-refractivity contribution in [3.63, 3.8) is 0 Å². The van der Waals surface area contributed by atoms with Crippen LogP contribution < -0.4 is 14.8 Å². The van der Waals surface area contributed by atoms with Crippen LogP contribution in [-0.2, 0) is 10.2 Å². The summed E-state index contributed by atoms with van der Waals surface area (Å²) in [6, 6.07) is 8.58. The van der Waals surface area contributed by atoms with Gasteiger partial charge < -0.3 is 15.3 Å². The number of aryl methyl sites for hydroxylation is 1. The van der Waals surface area contributed by atoms with E-state index < -0.39 is 23.0 Å². The summed E-state index contributed by atoms with van der Waals surface area (Å²) in [6.45, 7) is 3.25. The first-order chi connectivity index (χ1) is 14.8. The molecule has 1 amide bonds. The summed E-state index contributed by atoms with van der Waals surface area (Å²) in [5.41, 5.74) is 0.184. The molecule has 0 radical (unpaired) electrons. The van der Waals surface area contributed by atoms with Crippen LogP contribution in [0.1, 0.15) is 23.5 Å². The first-order valence-electron chi connectivity index (χ1n) is 9.67. The Labute approximate surface area is 177 Å². The van der Waals surface area contributed by atoms with Gasteiger partial charge in [0.2, 0.25) is 11.7 Å². The highest BCUT2D eigenvalue weighted by Gasteiger charge is 2.60. The average Bonchev–Trinajstić information content (AvgIpc) is 3.49. The maximum Gasteiger partial charge on any atom is 0.298 e. The summed E-state index contributed by atoms with van der Waals surface area (Å²) >= 11 is 0. The summed E-state index contributed by atoms with van der Waals surface area (Å²) < 4.78 is 33.5. The minimum atomic E-state index is -0.781. The number of carbonyl (C=O) groups excluding carboxylic acids is 1. The molecule has 1 aliphatic rings. The van der Waals surface area contributed by atoms with Crippen LogP contribution in [0.25, 0.3) is 0 Å². The van der Waals surface area contributed by atoms with Crippen molar-refractivity contribution in [2.45, 2.75) is 25.7 Å². The van der Waals surface area contributed by atoms with E-state index in [1.165, 1.54) is 30.5 Å². The fourth-order valence-corrected chi connectivity index (χ4v) is 3.66. The summed E-state index contributed by atoms with van der Waals surface area (Å²) in [6.07, 6.45) is 2.88. The number of aromatic nitrogens is 3. The van der Waals surface area contributed by atoms with Gasteiger partial charge in [-0.3, -0.25) is 4.79 Å². The fraction of sp³-hybridized carbons (Fsp3) is 0.273. The zero-order valence-corrected chi connectivity index (χ0v) is 16.9. The normalized spacial score (nSPS) is 19.7. The molecule has 2 atom stereocenters. The van der Waals surface area contributed by atoms with Crippen LogP contribution in [0.3, 0.4) is 0 Å². The SMILES string of the molecule is Cc1ncc(OC[C@@]2(c3cccc(F)c3)C[C@H]2C(=O)Nc2ccc(F)cn2)c(C)[n+]1[O-]. The van der Waals surface area contributed by atoms with E-state index in [1.54, 1.807) is 26.0 Å². The number of hydrogen-bond acceptors (Lipinski definition) is 5. The lowest BCUT2D eigenvalue weighted by molar-refractivity contribution is -0.623.